The molecule has 0 aromatic carbocycles. The van der Waals surface area contributed by atoms with Gasteiger partial charge in [-0.05, 0) is 0 Å². The molecule has 0 fully saturated rings. The summed E-state index contributed by atoms with van der Waals surface area (Å²) >= 11 is 1.82. The number of imidazole rings is 1. The van der Waals surface area contributed by atoms with Crippen LogP contribution in [0.2, 0.25) is 0 Å². The van der Waals surface area contributed by atoms with E-state index in [1.54, 1.807) is 0 Å². The van der Waals surface area contributed by atoms with Crippen molar-refractivity contribution < 1.29 is 0 Å². The maximum Gasteiger partial charge on any atom is 0.118 e. The molecule has 1 aromatic rings. The van der Waals surface area contributed by atoms with Crippen molar-refractivity contribution in [3.63, 3.8) is 0 Å². The lowest BCUT2D eigenvalue weighted by molar-refractivity contribution is 0.849. The van der Waals surface area contributed by atoms with Crippen LogP contribution in [0, 0.1) is 0 Å². The largest absolute Gasteiger partial charge is 0.337 e. The van der Waals surface area contributed by atoms with Gasteiger partial charge in [-0.25, -0.2) is 4.98 Å². The van der Waals surface area contributed by atoms with E-state index in [1.807, 2.05) is 35.8 Å². The number of hydrogen-bond donors (Lipinski definition) is 1. The molecule has 0 aliphatic carbocycles. The van der Waals surface area contributed by atoms with Gasteiger partial charge in [0.25, 0.3) is 0 Å². The van der Waals surface area contributed by atoms with E-state index in [9.17, 15) is 0 Å². The molecule has 2 N–H and O–H groups in total. The topological polar surface area (TPSA) is 43.8 Å². The molecule has 0 aliphatic rings. The van der Waals surface area contributed by atoms with Crippen LogP contribution in [-0.4, -0.2) is 21.8 Å². The molecule has 3 nitrogen and oxygen atoms in total. The fourth-order valence-corrected chi connectivity index (χ4v) is 1.55. The van der Waals surface area contributed by atoms with Gasteiger partial charge in [0.1, 0.15) is 5.82 Å². The van der Waals surface area contributed by atoms with Crippen LogP contribution in [0.15, 0.2) is 12.4 Å². The van der Waals surface area contributed by atoms with Crippen molar-refractivity contribution in [1.29, 1.82) is 0 Å². The number of rotatable bonds is 4. The van der Waals surface area contributed by atoms with Gasteiger partial charge >= 0.3 is 0 Å². The smallest absolute Gasteiger partial charge is 0.118 e. The summed E-state index contributed by atoms with van der Waals surface area (Å²) in [4.78, 5) is 4.19. The zero-order valence-corrected chi connectivity index (χ0v) is 11.7. The van der Waals surface area contributed by atoms with Gasteiger partial charge in [-0.15, -0.1) is 34.0 Å². The molecule has 0 aliphatic heterocycles. The van der Waals surface area contributed by atoms with Gasteiger partial charge in [0, 0.05) is 31.7 Å². The molecule has 13 heavy (non-hydrogen) atoms. The van der Waals surface area contributed by atoms with Crippen molar-refractivity contribution in [3.05, 3.63) is 18.2 Å². The second-order valence-electron chi connectivity index (χ2n) is 2.30. The lowest BCUT2D eigenvalue weighted by Crippen LogP contribution is -2.02. The molecular formula is C7H15Br2N3S. The third kappa shape index (κ3) is 5.72. The number of halogens is 2. The van der Waals surface area contributed by atoms with Crippen LogP contribution >= 0.6 is 45.7 Å². The standard InChI is InChI=1S/C7H13N3S.2BrH/c1-10-4-3-9-7(10)6-11-5-2-8;;/h3-4H,2,5-6,8H2,1H3;2*1H. The average molecular weight is 333 g/mol. The Hall–Kier alpha value is 0.480. The summed E-state index contributed by atoms with van der Waals surface area (Å²) in [5.74, 6) is 3.08. The van der Waals surface area contributed by atoms with Crippen LogP contribution in [0.1, 0.15) is 5.82 Å². The van der Waals surface area contributed by atoms with Gasteiger partial charge in [-0.1, -0.05) is 0 Å². The summed E-state index contributed by atoms with van der Waals surface area (Å²) in [6, 6.07) is 0. The van der Waals surface area contributed by atoms with Crippen molar-refractivity contribution in [1.82, 2.24) is 9.55 Å². The second kappa shape index (κ2) is 9.05. The summed E-state index contributed by atoms with van der Waals surface area (Å²) in [6.45, 7) is 0.745. The predicted octanol–water partition coefficient (Wildman–Crippen LogP) is 1.77. The molecule has 0 radical (unpaired) electrons. The third-order valence-electron chi connectivity index (χ3n) is 1.41. The summed E-state index contributed by atoms with van der Waals surface area (Å²) in [5, 5.41) is 0. The number of nitrogens with two attached hydrogens (primary N) is 1. The maximum atomic E-state index is 5.36. The lowest BCUT2D eigenvalue weighted by atomic mass is 10.7. The monoisotopic (exact) mass is 331 g/mol. The van der Waals surface area contributed by atoms with E-state index in [2.05, 4.69) is 4.98 Å². The van der Waals surface area contributed by atoms with Crippen LogP contribution in [-0.2, 0) is 12.8 Å². The minimum atomic E-state index is 0. The number of hydrogen-bond acceptors (Lipinski definition) is 3. The molecule has 0 saturated heterocycles. The zero-order valence-electron chi connectivity index (χ0n) is 7.47. The lowest BCUT2D eigenvalue weighted by Gasteiger charge is -1.99. The van der Waals surface area contributed by atoms with E-state index in [-0.39, 0.29) is 34.0 Å². The highest BCUT2D eigenvalue weighted by molar-refractivity contribution is 8.93. The van der Waals surface area contributed by atoms with Crippen molar-refractivity contribution in [2.24, 2.45) is 12.8 Å². The number of aromatic nitrogens is 2. The molecule has 0 spiro atoms. The minimum absolute atomic E-state index is 0. The number of nitrogens with zero attached hydrogens (tertiary/aromatic N) is 2. The molecule has 1 rings (SSSR count). The predicted molar refractivity (Wildman–Crippen MR) is 69.1 cm³/mol. The minimum Gasteiger partial charge on any atom is -0.337 e. The molecule has 78 valence electrons. The van der Waals surface area contributed by atoms with Crippen molar-refractivity contribution >= 4 is 45.7 Å². The molecule has 6 heteroatoms. The number of thioether (sulfide) groups is 1. The van der Waals surface area contributed by atoms with Crippen LogP contribution in [0.25, 0.3) is 0 Å². The molecule has 0 amide bonds. The molecule has 0 unspecified atom stereocenters. The molecular weight excluding hydrogens is 318 g/mol. The van der Waals surface area contributed by atoms with Crippen LogP contribution in [0.3, 0.4) is 0 Å². The van der Waals surface area contributed by atoms with Crippen molar-refractivity contribution in [2.75, 3.05) is 12.3 Å². The highest BCUT2D eigenvalue weighted by Gasteiger charge is 1.96. The highest BCUT2D eigenvalue weighted by atomic mass is 79.9. The van der Waals surface area contributed by atoms with Gasteiger partial charge in [0.2, 0.25) is 0 Å². The van der Waals surface area contributed by atoms with E-state index in [0.29, 0.717) is 0 Å². The van der Waals surface area contributed by atoms with E-state index in [0.717, 1.165) is 23.9 Å². The Morgan fingerprint density at radius 1 is 1.54 bits per heavy atom. The van der Waals surface area contributed by atoms with Gasteiger partial charge in [-0.3, -0.25) is 0 Å². The van der Waals surface area contributed by atoms with Gasteiger partial charge in [0.15, 0.2) is 0 Å². The summed E-state index contributed by atoms with van der Waals surface area (Å²) in [6.07, 6.45) is 3.77. The molecule has 1 heterocycles. The van der Waals surface area contributed by atoms with Crippen LogP contribution in [0.4, 0.5) is 0 Å². The highest BCUT2D eigenvalue weighted by Crippen LogP contribution is 2.07. The van der Waals surface area contributed by atoms with E-state index in [1.165, 1.54) is 0 Å². The van der Waals surface area contributed by atoms with Crippen LogP contribution < -0.4 is 5.73 Å². The average Bonchev–Trinajstić information content (AvgIpc) is 2.37. The summed E-state index contributed by atoms with van der Waals surface area (Å²) in [7, 11) is 2.01. The first-order chi connectivity index (χ1) is 5.34. The van der Waals surface area contributed by atoms with Gasteiger partial charge in [0.05, 0.1) is 5.75 Å². The van der Waals surface area contributed by atoms with Crippen LogP contribution in [0.5, 0.6) is 0 Å². The Morgan fingerprint density at radius 3 is 2.69 bits per heavy atom. The normalized spacial score (nSPS) is 8.77. The molecule has 1 aromatic heterocycles. The van der Waals surface area contributed by atoms with Crippen molar-refractivity contribution in [2.45, 2.75) is 5.75 Å². The summed E-state index contributed by atoms with van der Waals surface area (Å²) < 4.78 is 2.03. The molecule has 0 saturated carbocycles. The second-order valence-corrected chi connectivity index (χ2v) is 3.40. The Kier molecular flexibility index (Phi) is 11.1. The Morgan fingerprint density at radius 2 is 2.23 bits per heavy atom. The van der Waals surface area contributed by atoms with E-state index in [4.69, 9.17) is 5.73 Å². The van der Waals surface area contributed by atoms with E-state index < -0.39 is 0 Å². The first-order valence-electron chi connectivity index (χ1n) is 3.58. The summed E-state index contributed by atoms with van der Waals surface area (Å²) in [5.41, 5.74) is 5.36. The quantitative estimate of drug-likeness (QED) is 0.854. The van der Waals surface area contributed by atoms with Gasteiger partial charge in [-0.2, -0.15) is 11.8 Å². The first kappa shape index (κ1) is 15.9. The maximum absolute atomic E-state index is 5.36. The fraction of sp³-hybridized carbons (Fsp3) is 0.571. The number of aryl methyl sites for hydroxylation is 1. The third-order valence-corrected chi connectivity index (χ3v) is 2.40. The zero-order chi connectivity index (χ0) is 8.10. The molecule has 0 atom stereocenters. The molecule has 0 bridgehead atoms. The SMILES string of the molecule is Br.Br.Cn1ccnc1CSCCN. The Balaban J connectivity index is 0. The Bertz CT molecular complexity index is 217. The fourth-order valence-electron chi connectivity index (χ4n) is 0.782. The van der Waals surface area contributed by atoms with E-state index >= 15 is 0 Å². The first-order valence-corrected chi connectivity index (χ1v) is 4.74. The van der Waals surface area contributed by atoms with Gasteiger partial charge < -0.3 is 10.3 Å². The Labute approximate surface area is 104 Å². The van der Waals surface area contributed by atoms with Crippen molar-refractivity contribution in [3.8, 4) is 0 Å².